The fourth-order valence-electron chi connectivity index (χ4n) is 2.14. The molecule has 0 fully saturated rings. The van der Waals surface area contributed by atoms with E-state index in [1.165, 1.54) is 36.5 Å². The van der Waals surface area contributed by atoms with Crippen molar-refractivity contribution < 1.29 is 25.9 Å². The SMILES string of the molecule is N#[N+]N=C1C=CC(=CC=C2C=CC(=NN=N)C(S(=O)(=O)O)=C2)C=C1S(=O)(=O)O. The van der Waals surface area contributed by atoms with Crippen LogP contribution in [0.25, 0.3) is 5.08 Å². The second-order valence-corrected chi connectivity index (χ2v) is 7.91. The molecule has 2 aliphatic carbocycles. The summed E-state index contributed by atoms with van der Waals surface area (Å²) in [4.78, 5) is -1.17. The molecule has 14 heteroatoms. The largest absolute Gasteiger partial charge is 0.339 e. The lowest BCUT2D eigenvalue weighted by molar-refractivity contribution is 0.490. The Labute approximate surface area is 159 Å². The van der Waals surface area contributed by atoms with Gasteiger partial charge in [0.25, 0.3) is 25.6 Å². The third-order valence-electron chi connectivity index (χ3n) is 3.30. The van der Waals surface area contributed by atoms with E-state index in [1.807, 2.05) is 0 Å². The zero-order chi connectivity index (χ0) is 20.9. The Kier molecular flexibility index (Phi) is 6.06. The molecule has 0 aromatic rings. The van der Waals surface area contributed by atoms with Gasteiger partial charge in [0.2, 0.25) is 0 Å². The van der Waals surface area contributed by atoms with E-state index in [2.05, 4.69) is 20.5 Å². The Balaban J connectivity index is 2.49. The molecule has 3 N–H and O–H groups in total. The number of rotatable bonds is 4. The van der Waals surface area contributed by atoms with E-state index in [4.69, 9.17) is 10.9 Å². The molecule has 28 heavy (non-hydrogen) atoms. The maximum atomic E-state index is 11.4. The van der Waals surface area contributed by atoms with Gasteiger partial charge in [0.1, 0.15) is 15.5 Å². The van der Waals surface area contributed by atoms with Gasteiger partial charge in [-0.25, -0.2) is 0 Å². The van der Waals surface area contributed by atoms with Crippen molar-refractivity contribution in [3.05, 3.63) is 74.6 Å². The van der Waals surface area contributed by atoms with E-state index < -0.39 is 30.0 Å². The second-order valence-electron chi connectivity index (χ2n) is 5.13. The van der Waals surface area contributed by atoms with E-state index in [-0.39, 0.29) is 17.0 Å². The summed E-state index contributed by atoms with van der Waals surface area (Å²) in [6.45, 7) is 0. The van der Waals surface area contributed by atoms with Crippen molar-refractivity contribution in [3.8, 4) is 0 Å². The van der Waals surface area contributed by atoms with Crippen LogP contribution in [-0.2, 0) is 20.2 Å². The minimum Gasteiger partial charge on any atom is -0.282 e. The number of allylic oxidation sites excluding steroid dienone is 12. The van der Waals surface area contributed by atoms with E-state index in [1.54, 1.807) is 0 Å². The highest BCUT2D eigenvalue weighted by Gasteiger charge is 2.25. The molecule has 0 aromatic carbocycles. The Morgan fingerprint density at radius 3 is 1.79 bits per heavy atom. The lowest BCUT2D eigenvalue weighted by Gasteiger charge is -2.09. The van der Waals surface area contributed by atoms with E-state index in [0.717, 1.165) is 12.2 Å². The number of hydrogen-bond acceptors (Lipinski definition) is 8. The molecule has 0 heterocycles. The molecule has 0 amide bonds. The van der Waals surface area contributed by atoms with E-state index >= 15 is 0 Å². The maximum Gasteiger partial charge on any atom is 0.339 e. The molecule has 0 bridgehead atoms. The maximum absolute atomic E-state index is 11.4. The van der Waals surface area contributed by atoms with Crippen LogP contribution < -0.4 is 0 Å². The van der Waals surface area contributed by atoms with Crippen molar-refractivity contribution >= 4 is 31.7 Å². The van der Waals surface area contributed by atoms with Gasteiger partial charge in [0.05, 0.1) is 0 Å². The fourth-order valence-corrected chi connectivity index (χ4v) is 3.46. The quantitative estimate of drug-likeness (QED) is 0.266. The monoisotopic (exact) mass is 423 g/mol. The average molecular weight is 423 g/mol. The number of diazo groups is 1. The Bertz CT molecular complexity index is 1220. The van der Waals surface area contributed by atoms with Crippen molar-refractivity contribution in [2.45, 2.75) is 0 Å². The zero-order valence-corrected chi connectivity index (χ0v) is 15.3. The Hall–Kier alpha value is -3.38. The van der Waals surface area contributed by atoms with Gasteiger partial charge in [-0.15, -0.1) is 5.10 Å². The van der Waals surface area contributed by atoms with Crippen LogP contribution in [0.5, 0.6) is 0 Å². The third-order valence-corrected chi connectivity index (χ3v) is 5.07. The van der Waals surface area contributed by atoms with E-state index in [9.17, 15) is 25.9 Å². The highest BCUT2D eigenvalue weighted by Crippen LogP contribution is 2.21. The summed E-state index contributed by atoms with van der Waals surface area (Å²) < 4.78 is 64.3. The molecule has 0 aromatic heterocycles. The number of nitrogens with one attached hydrogen (secondary N) is 1. The van der Waals surface area contributed by atoms with Gasteiger partial charge in [-0.2, -0.15) is 22.4 Å². The summed E-state index contributed by atoms with van der Waals surface area (Å²) >= 11 is 0. The lowest BCUT2D eigenvalue weighted by atomic mass is 10.0. The zero-order valence-electron chi connectivity index (χ0n) is 13.7. The standard InChI is InChI=1S/C14H10N6O6S2/c15-19-17-11-5-3-9(7-13(11)27(21,22)23)1-2-10-4-6-12(18-20-16)14(8-10)28(24,25)26/h1-8,15H,(H-,21,22,23,24,25,26)/p+1. The summed E-state index contributed by atoms with van der Waals surface area (Å²) in [5.74, 6) is 0. The predicted molar refractivity (Wildman–Crippen MR) is 98.8 cm³/mol. The molecule has 2 rings (SSSR count). The van der Waals surface area contributed by atoms with Gasteiger partial charge in [0.15, 0.2) is 10.8 Å². The molecule has 0 saturated carbocycles. The molecule has 144 valence electrons. The molecule has 0 atom stereocenters. The summed E-state index contributed by atoms with van der Waals surface area (Å²) in [7, 11) is -9.28. The van der Waals surface area contributed by atoms with Crippen molar-refractivity contribution in [1.29, 1.82) is 10.9 Å². The van der Waals surface area contributed by atoms with Gasteiger partial charge in [-0.1, -0.05) is 29.5 Å². The average Bonchev–Trinajstić information content (AvgIpc) is 2.60. The third kappa shape index (κ3) is 5.08. The molecule has 0 spiro atoms. The van der Waals surface area contributed by atoms with Gasteiger partial charge in [-0.05, 0) is 35.5 Å². The van der Waals surface area contributed by atoms with Gasteiger partial charge in [-0.3, -0.25) is 9.11 Å². The topological polar surface area (TPSA) is 198 Å². The first kappa shape index (κ1) is 20.9. The fraction of sp³-hybridized carbons (Fsp3) is 0. The minimum atomic E-state index is -4.65. The Morgan fingerprint density at radius 2 is 1.36 bits per heavy atom. The first-order valence-corrected chi connectivity index (χ1v) is 9.98. The molecule has 0 unspecified atom stereocenters. The first-order valence-electron chi connectivity index (χ1n) is 7.10. The van der Waals surface area contributed by atoms with Crippen LogP contribution in [0.15, 0.2) is 85.0 Å². The Morgan fingerprint density at radius 1 is 0.893 bits per heavy atom. The predicted octanol–water partition coefficient (Wildman–Crippen LogP) is 2.12. The van der Waals surface area contributed by atoms with Crippen molar-refractivity contribution in [2.24, 2.45) is 15.4 Å². The smallest absolute Gasteiger partial charge is 0.282 e. The second kappa shape index (κ2) is 8.10. The summed E-state index contributed by atoms with van der Waals surface area (Å²) in [6.07, 6.45) is 10.2. The van der Waals surface area contributed by atoms with Crippen LogP contribution >= 0.6 is 0 Å². The molecule has 0 radical (unpaired) electrons. The molecule has 0 saturated heterocycles. The first-order chi connectivity index (χ1) is 13.1. The van der Waals surface area contributed by atoms with Crippen molar-refractivity contribution in [1.82, 2.24) is 0 Å². The van der Waals surface area contributed by atoms with Crippen LogP contribution in [0.4, 0.5) is 0 Å². The molecule has 12 nitrogen and oxygen atoms in total. The van der Waals surface area contributed by atoms with E-state index in [0.29, 0.717) is 5.57 Å². The van der Waals surface area contributed by atoms with Crippen molar-refractivity contribution in [2.75, 3.05) is 0 Å². The van der Waals surface area contributed by atoms with Gasteiger partial charge < -0.3 is 0 Å². The molecule has 2 aliphatic rings. The van der Waals surface area contributed by atoms with Crippen LogP contribution in [0.3, 0.4) is 0 Å². The highest BCUT2D eigenvalue weighted by atomic mass is 32.2. The molecule has 0 aliphatic heterocycles. The normalized spacial score (nSPS) is 23.0. The number of hydrogen-bond donors (Lipinski definition) is 3. The number of nitrogens with zero attached hydrogens (tertiary/aromatic N) is 5. The summed E-state index contributed by atoms with van der Waals surface area (Å²) in [6, 6.07) is 0. The minimum absolute atomic E-state index is 0.234. The summed E-state index contributed by atoms with van der Waals surface area (Å²) in [5, 5.41) is 20.1. The summed E-state index contributed by atoms with van der Waals surface area (Å²) in [5.41, 5.74) is 6.73. The van der Waals surface area contributed by atoms with Gasteiger partial charge >= 0.3 is 5.08 Å². The molecular formula is C14H11N6O6S2+. The van der Waals surface area contributed by atoms with Gasteiger partial charge in [0, 0.05) is 0 Å². The van der Waals surface area contributed by atoms with Crippen LogP contribution in [0.1, 0.15) is 0 Å². The van der Waals surface area contributed by atoms with Crippen molar-refractivity contribution in [3.63, 3.8) is 0 Å². The van der Waals surface area contributed by atoms with Crippen LogP contribution in [-0.4, -0.2) is 37.4 Å². The van der Waals surface area contributed by atoms with Crippen LogP contribution in [0, 0.1) is 10.9 Å². The van der Waals surface area contributed by atoms with Crippen LogP contribution in [0.2, 0.25) is 0 Å². The lowest BCUT2D eigenvalue weighted by Crippen LogP contribution is -2.13. The highest BCUT2D eigenvalue weighted by molar-refractivity contribution is 7.91. The molecular weight excluding hydrogens is 412 g/mol.